The zero-order chi connectivity index (χ0) is 16.8. The van der Waals surface area contributed by atoms with Gasteiger partial charge in [0, 0.05) is 36.9 Å². The van der Waals surface area contributed by atoms with Gasteiger partial charge in [-0.2, -0.15) is 5.10 Å². The lowest BCUT2D eigenvalue weighted by Crippen LogP contribution is -2.51. The predicted molar refractivity (Wildman–Crippen MR) is 97.8 cm³/mol. The molecule has 0 unspecified atom stereocenters. The minimum Gasteiger partial charge on any atom is -0.368 e. The molecule has 1 aliphatic heterocycles. The standard InChI is InChI=1S/C18H19ClN4O/c19-16-8-6-15(7-9-16)14-20-21-18(24)23-12-10-22(11-13-23)17-4-2-1-3-5-17/h1-9,14H,10-13H2,(H,21,24). The molecule has 1 N–H and O–H groups in total. The molecule has 0 bridgehead atoms. The van der Waals surface area contributed by atoms with E-state index >= 15 is 0 Å². The number of benzene rings is 2. The molecule has 0 atom stereocenters. The quantitative estimate of drug-likeness (QED) is 0.687. The fraction of sp³-hybridized carbons (Fsp3) is 0.222. The monoisotopic (exact) mass is 342 g/mol. The molecule has 0 spiro atoms. The molecule has 6 heteroatoms. The summed E-state index contributed by atoms with van der Waals surface area (Å²) in [5.74, 6) is 0. The van der Waals surface area contributed by atoms with Gasteiger partial charge < -0.3 is 9.80 Å². The van der Waals surface area contributed by atoms with Crippen LogP contribution < -0.4 is 10.3 Å². The van der Waals surface area contributed by atoms with E-state index in [1.165, 1.54) is 5.69 Å². The molecule has 1 saturated heterocycles. The van der Waals surface area contributed by atoms with Crippen molar-refractivity contribution in [3.8, 4) is 0 Å². The van der Waals surface area contributed by atoms with Crippen molar-refractivity contribution in [2.24, 2.45) is 5.10 Å². The summed E-state index contributed by atoms with van der Waals surface area (Å²) in [7, 11) is 0. The number of hydrogen-bond donors (Lipinski definition) is 1. The summed E-state index contributed by atoms with van der Waals surface area (Å²) in [5.41, 5.74) is 4.65. The number of urea groups is 1. The number of nitrogens with one attached hydrogen (secondary N) is 1. The first-order valence-corrected chi connectivity index (χ1v) is 8.24. The van der Waals surface area contributed by atoms with Gasteiger partial charge in [-0.25, -0.2) is 10.2 Å². The van der Waals surface area contributed by atoms with Crippen LogP contribution in [0.1, 0.15) is 5.56 Å². The average Bonchev–Trinajstić information content (AvgIpc) is 2.64. The molecule has 24 heavy (non-hydrogen) atoms. The molecule has 2 aromatic rings. The number of hydrazone groups is 1. The first-order chi connectivity index (χ1) is 11.7. The molecule has 3 rings (SSSR count). The van der Waals surface area contributed by atoms with Gasteiger partial charge in [0.05, 0.1) is 6.21 Å². The summed E-state index contributed by atoms with van der Waals surface area (Å²) < 4.78 is 0. The van der Waals surface area contributed by atoms with E-state index in [-0.39, 0.29) is 6.03 Å². The molecule has 2 amide bonds. The number of piperazine rings is 1. The van der Waals surface area contributed by atoms with Crippen LogP contribution in [0.25, 0.3) is 0 Å². The minimum atomic E-state index is -0.173. The van der Waals surface area contributed by atoms with Crippen LogP contribution >= 0.6 is 11.6 Å². The fourth-order valence-corrected chi connectivity index (χ4v) is 2.71. The van der Waals surface area contributed by atoms with Crippen LogP contribution in [0.5, 0.6) is 0 Å². The highest BCUT2D eigenvalue weighted by Gasteiger charge is 2.20. The van der Waals surface area contributed by atoms with Crippen LogP contribution in [-0.4, -0.2) is 43.3 Å². The van der Waals surface area contributed by atoms with Crippen molar-refractivity contribution in [2.75, 3.05) is 31.1 Å². The maximum Gasteiger partial charge on any atom is 0.337 e. The van der Waals surface area contributed by atoms with Crippen LogP contribution in [-0.2, 0) is 0 Å². The third-order valence-corrected chi connectivity index (χ3v) is 4.18. The Labute approximate surface area is 146 Å². The molecule has 0 radical (unpaired) electrons. The highest BCUT2D eigenvalue weighted by molar-refractivity contribution is 6.30. The Hall–Kier alpha value is -2.53. The second-order valence-corrected chi connectivity index (χ2v) is 5.97. The normalized spacial score (nSPS) is 14.9. The number of carbonyl (C=O) groups is 1. The van der Waals surface area contributed by atoms with E-state index < -0.39 is 0 Å². The van der Waals surface area contributed by atoms with Gasteiger partial charge in [-0.05, 0) is 29.8 Å². The van der Waals surface area contributed by atoms with Gasteiger partial charge in [0.2, 0.25) is 0 Å². The van der Waals surface area contributed by atoms with E-state index in [0.29, 0.717) is 18.1 Å². The third-order valence-electron chi connectivity index (χ3n) is 3.93. The Morgan fingerprint density at radius 2 is 1.67 bits per heavy atom. The Balaban J connectivity index is 1.47. The molecule has 5 nitrogen and oxygen atoms in total. The van der Waals surface area contributed by atoms with Crippen molar-refractivity contribution in [3.05, 3.63) is 65.2 Å². The highest BCUT2D eigenvalue weighted by atomic mass is 35.5. The molecule has 2 aromatic carbocycles. The Kier molecular flexibility index (Phi) is 5.33. The summed E-state index contributed by atoms with van der Waals surface area (Å²) in [6.45, 7) is 2.99. The first-order valence-electron chi connectivity index (χ1n) is 7.86. The number of carbonyl (C=O) groups excluding carboxylic acids is 1. The van der Waals surface area contributed by atoms with Gasteiger partial charge in [-0.15, -0.1) is 0 Å². The van der Waals surface area contributed by atoms with Crippen molar-refractivity contribution < 1.29 is 4.79 Å². The third kappa shape index (κ3) is 4.26. The fourth-order valence-electron chi connectivity index (χ4n) is 2.59. The molecule has 124 valence electrons. The molecule has 0 aromatic heterocycles. The van der Waals surface area contributed by atoms with Gasteiger partial charge in [0.1, 0.15) is 0 Å². The number of para-hydroxylation sites is 1. The maximum atomic E-state index is 12.1. The summed E-state index contributed by atoms with van der Waals surface area (Å²) in [6, 6.07) is 17.3. The Bertz CT molecular complexity index is 695. The number of anilines is 1. The van der Waals surface area contributed by atoms with E-state index in [0.717, 1.165) is 18.7 Å². The van der Waals surface area contributed by atoms with Crippen LogP contribution in [0, 0.1) is 0 Å². The second kappa shape index (κ2) is 7.84. The minimum absolute atomic E-state index is 0.173. The molecule has 1 fully saturated rings. The number of hydrogen-bond acceptors (Lipinski definition) is 3. The number of rotatable bonds is 3. The number of amides is 2. The average molecular weight is 343 g/mol. The molecule has 0 aliphatic carbocycles. The molecule has 1 heterocycles. The lowest BCUT2D eigenvalue weighted by Gasteiger charge is -2.35. The molecular formula is C18H19ClN4O. The SMILES string of the molecule is O=C(NN=Cc1ccc(Cl)cc1)N1CCN(c2ccccc2)CC1. The zero-order valence-corrected chi connectivity index (χ0v) is 14.0. The first kappa shape index (κ1) is 16.3. The van der Waals surface area contributed by atoms with E-state index in [1.807, 2.05) is 30.3 Å². The van der Waals surface area contributed by atoms with Crippen LogP contribution in [0.3, 0.4) is 0 Å². The van der Waals surface area contributed by atoms with E-state index in [2.05, 4.69) is 27.6 Å². The summed E-state index contributed by atoms with van der Waals surface area (Å²) >= 11 is 5.83. The summed E-state index contributed by atoms with van der Waals surface area (Å²) in [4.78, 5) is 16.2. The number of nitrogens with zero attached hydrogens (tertiary/aromatic N) is 3. The second-order valence-electron chi connectivity index (χ2n) is 5.54. The van der Waals surface area contributed by atoms with Crippen LogP contribution in [0.4, 0.5) is 10.5 Å². The molecule has 1 aliphatic rings. The van der Waals surface area contributed by atoms with Crippen molar-refractivity contribution in [1.82, 2.24) is 10.3 Å². The highest BCUT2D eigenvalue weighted by Crippen LogP contribution is 2.15. The van der Waals surface area contributed by atoms with Gasteiger partial charge >= 0.3 is 6.03 Å². The van der Waals surface area contributed by atoms with Crippen molar-refractivity contribution >= 4 is 29.5 Å². The van der Waals surface area contributed by atoms with Crippen molar-refractivity contribution in [3.63, 3.8) is 0 Å². The predicted octanol–water partition coefficient (Wildman–Crippen LogP) is 3.21. The zero-order valence-electron chi connectivity index (χ0n) is 13.2. The number of halogens is 1. The topological polar surface area (TPSA) is 47.9 Å². The van der Waals surface area contributed by atoms with Gasteiger partial charge in [-0.3, -0.25) is 0 Å². The van der Waals surface area contributed by atoms with Crippen LogP contribution in [0.2, 0.25) is 5.02 Å². The van der Waals surface area contributed by atoms with E-state index in [4.69, 9.17) is 11.6 Å². The lowest BCUT2D eigenvalue weighted by atomic mass is 10.2. The van der Waals surface area contributed by atoms with Gasteiger partial charge in [0.25, 0.3) is 0 Å². The molecule has 0 saturated carbocycles. The van der Waals surface area contributed by atoms with Crippen LogP contribution in [0.15, 0.2) is 59.7 Å². The van der Waals surface area contributed by atoms with Gasteiger partial charge in [0.15, 0.2) is 0 Å². The van der Waals surface area contributed by atoms with Crippen molar-refractivity contribution in [2.45, 2.75) is 0 Å². The summed E-state index contributed by atoms with van der Waals surface area (Å²) in [5, 5.41) is 4.67. The largest absolute Gasteiger partial charge is 0.368 e. The smallest absolute Gasteiger partial charge is 0.337 e. The van der Waals surface area contributed by atoms with Crippen molar-refractivity contribution in [1.29, 1.82) is 0 Å². The Morgan fingerprint density at radius 3 is 2.33 bits per heavy atom. The Morgan fingerprint density at radius 1 is 1.00 bits per heavy atom. The van der Waals surface area contributed by atoms with E-state index in [1.54, 1.807) is 23.2 Å². The molecular weight excluding hydrogens is 324 g/mol. The summed E-state index contributed by atoms with van der Waals surface area (Å²) in [6.07, 6.45) is 1.61. The van der Waals surface area contributed by atoms with E-state index in [9.17, 15) is 4.79 Å². The maximum absolute atomic E-state index is 12.1. The van der Waals surface area contributed by atoms with Gasteiger partial charge in [-0.1, -0.05) is 41.9 Å². The lowest BCUT2D eigenvalue weighted by molar-refractivity contribution is 0.195.